The van der Waals surface area contributed by atoms with E-state index in [9.17, 15) is 9.59 Å². The highest BCUT2D eigenvalue weighted by molar-refractivity contribution is 5.99. The van der Waals surface area contributed by atoms with Gasteiger partial charge in [0.05, 0.1) is 5.41 Å². The van der Waals surface area contributed by atoms with Gasteiger partial charge in [0.25, 0.3) is 0 Å². The maximum Gasteiger partial charge on any atom is 0.340 e. The standard InChI is InChI=1S/C24H28O4/c1-3-5-7-18-16-10-9-15-14-11-12-24(21(15)20(16)23(26)27-18)17(13-14)22(25)28-19(24)8-6-4-2/h7-8,13-15,21H,3-6,9-12H2,1-2H3/b18-7-,19-8-/t14-,15-,21?,24-/m0/s1. The Balaban J connectivity index is 1.68. The third kappa shape index (κ3) is 2.23. The molecule has 4 atom stereocenters. The first-order chi connectivity index (χ1) is 13.6. The normalized spacial score (nSPS) is 38.4. The van der Waals surface area contributed by atoms with Crippen molar-refractivity contribution in [1.82, 2.24) is 0 Å². The van der Waals surface area contributed by atoms with Gasteiger partial charge in [-0.1, -0.05) is 32.8 Å². The van der Waals surface area contributed by atoms with Crippen LogP contribution in [0.3, 0.4) is 0 Å². The van der Waals surface area contributed by atoms with Gasteiger partial charge in [0.2, 0.25) is 0 Å². The number of rotatable bonds is 4. The van der Waals surface area contributed by atoms with E-state index in [0.717, 1.165) is 79.6 Å². The molecule has 2 heterocycles. The Morgan fingerprint density at radius 3 is 2.64 bits per heavy atom. The molecule has 1 unspecified atom stereocenters. The number of esters is 2. The molecule has 0 radical (unpaired) electrons. The monoisotopic (exact) mass is 380 g/mol. The second-order valence-corrected chi connectivity index (χ2v) is 8.82. The molecule has 2 fully saturated rings. The third-order valence-electron chi connectivity index (χ3n) is 7.43. The molecule has 0 aromatic carbocycles. The molecule has 0 aromatic heterocycles. The Labute approximate surface area is 166 Å². The van der Waals surface area contributed by atoms with Crippen LogP contribution in [-0.4, -0.2) is 11.9 Å². The van der Waals surface area contributed by atoms with Gasteiger partial charge in [0, 0.05) is 22.6 Å². The van der Waals surface area contributed by atoms with E-state index in [4.69, 9.17) is 9.47 Å². The molecule has 2 bridgehead atoms. The highest BCUT2D eigenvalue weighted by Gasteiger charge is 2.66. The molecule has 1 saturated carbocycles. The Kier molecular flexibility index (Phi) is 4.15. The Hall–Kier alpha value is -2.10. The van der Waals surface area contributed by atoms with Crippen molar-refractivity contribution in [2.24, 2.45) is 23.2 Å². The molecule has 6 aliphatic rings. The van der Waals surface area contributed by atoms with Gasteiger partial charge in [-0.2, -0.15) is 0 Å². The van der Waals surface area contributed by atoms with Crippen molar-refractivity contribution in [3.63, 3.8) is 0 Å². The SMILES string of the molecule is CCC/C=C1\OC(=O)C2=C1CC[C@@H]1C2[C@@]23CC[C@H]1C=C2C(=O)O/C3=C\CCC. The fourth-order valence-corrected chi connectivity index (χ4v) is 6.29. The van der Waals surface area contributed by atoms with Crippen molar-refractivity contribution >= 4 is 11.9 Å². The Bertz CT molecular complexity index is 871. The predicted molar refractivity (Wildman–Crippen MR) is 105 cm³/mol. The minimum Gasteiger partial charge on any atom is -0.427 e. The van der Waals surface area contributed by atoms with Crippen LogP contribution in [0.25, 0.3) is 0 Å². The molecule has 0 amide bonds. The number of cyclic esters (lactones) is 2. The van der Waals surface area contributed by atoms with Gasteiger partial charge in [-0.3, -0.25) is 0 Å². The molecule has 0 aromatic rings. The number of ether oxygens (including phenoxy) is 2. The summed E-state index contributed by atoms with van der Waals surface area (Å²) in [5.41, 5.74) is 2.29. The molecule has 2 aliphatic heterocycles. The number of unbranched alkanes of at least 4 members (excludes halogenated alkanes) is 2. The molecule has 6 rings (SSSR count). The average Bonchev–Trinajstić information content (AvgIpc) is 3.19. The molecule has 28 heavy (non-hydrogen) atoms. The van der Waals surface area contributed by atoms with Crippen LogP contribution in [0, 0.1) is 23.2 Å². The van der Waals surface area contributed by atoms with Crippen molar-refractivity contribution < 1.29 is 19.1 Å². The van der Waals surface area contributed by atoms with Crippen LogP contribution in [0.4, 0.5) is 0 Å². The second-order valence-electron chi connectivity index (χ2n) is 8.82. The zero-order chi connectivity index (χ0) is 19.5. The summed E-state index contributed by atoms with van der Waals surface area (Å²) in [6, 6.07) is 0. The average molecular weight is 380 g/mol. The van der Waals surface area contributed by atoms with Crippen molar-refractivity contribution in [2.75, 3.05) is 0 Å². The summed E-state index contributed by atoms with van der Waals surface area (Å²) in [5, 5.41) is 0. The zero-order valence-corrected chi connectivity index (χ0v) is 16.8. The first-order valence-corrected chi connectivity index (χ1v) is 10.9. The van der Waals surface area contributed by atoms with Gasteiger partial charge >= 0.3 is 11.9 Å². The lowest BCUT2D eigenvalue weighted by Gasteiger charge is -2.54. The highest BCUT2D eigenvalue weighted by atomic mass is 16.5. The first-order valence-electron chi connectivity index (χ1n) is 10.9. The van der Waals surface area contributed by atoms with Gasteiger partial charge in [0.15, 0.2) is 0 Å². The van der Waals surface area contributed by atoms with Crippen molar-refractivity contribution in [2.45, 2.75) is 65.2 Å². The topological polar surface area (TPSA) is 52.6 Å². The smallest absolute Gasteiger partial charge is 0.340 e. The molecule has 4 aliphatic carbocycles. The van der Waals surface area contributed by atoms with Crippen molar-refractivity contribution in [3.8, 4) is 0 Å². The van der Waals surface area contributed by atoms with Crippen LogP contribution in [0.1, 0.15) is 65.2 Å². The maximum absolute atomic E-state index is 13.0. The summed E-state index contributed by atoms with van der Waals surface area (Å²) in [6.07, 6.45) is 14.1. The fraction of sp³-hybridized carbons (Fsp3) is 0.583. The summed E-state index contributed by atoms with van der Waals surface area (Å²) in [7, 11) is 0. The number of carbonyl (C=O) groups excluding carboxylic acids is 2. The van der Waals surface area contributed by atoms with Crippen LogP contribution < -0.4 is 0 Å². The van der Waals surface area contributed by atoms with Gasteiger partial charge in [-0.05, 0) is 62.5 Å². The van der Waals surface area contributed by atoms with E-state index in [1.807, 2.05) is 0 Å². The molecule has 0 N–H and O–H groups in total. The Morgan fingerprint density at radius 1 is 1.07 bits per heavy atom. The fourth-order valence-electron chi connectivity index (χ4n) is 6.29. The van der Waals surface area contributed by atoms with E-state index in [2.05, 4.69) is 32.1 Å². The van der Waals surface area contributed by atoms with Crippen LogP contribution >= 0.6 is 0 Å². The minimum absolute atomic E-state index is 0.0181. The van der Waals surface area contributed by atoms with E-state index in [1.54, 1.807) is 0 Å². The van der Waals surface area contributed by atoms with Crippen LogP contribution in [-0.2, 0) is 19.1 Å². The van der Waals surface area contributed by atoms with Gasteiger partial charge in [0.1, 0.15) is 11.5 Å². The summed E-state index contributed by atoms with van der Waals surface area (Å²) >= 11 is 0. The Morgan fingerprint density at radius 2 is 1.86 bits per heavy atom. The number of hydrogen-bond donors (Lipinski definition) is 0. The van der Waals surface area contributed by atoms with Gasteiger partial charge in [-0.15, -0.1) is 0 Å². The lowest BCUT2D eigenvalue weighted by molar-refractivity contribution is -0.135. The number of hydrogen-bond acceptors (Lipinski definition) is 4. The largest absolute Gasteiger partial charge is 0.427 e. The number of fused-ring (bicyclic) bond motifs is 1. The van der Waals surface area contributed by atoms with Crippen LogP contribution in [0.15, 0.2) is 46.5 Å². The quantitative estimate of drug-likeness (QED) is 0.635. The van der Waals surface area contributed by atoms with Crippen LogP contribution in [0.5, 0.6) is 0 Å². The van der Waals surface area contributed by atoms with E-state index < -0.39 is 5.41 Å². The molecule has 4 nitrogen and oxygen atoms in total. The van der Waals surface area contributed by atoms with Crippen molar-refractivity contribution in [1.29, 1.82) is 0 Å². The molecule has 1 saturated heterocycles. The molecular weight excluding hydrogens is 352 g/mol. The molecule has 1 spiro atoms. The lowest BCUT2D eigenvalue weighted by Crippen LogP contribution is -2.50. The molecule has 148 valence electrons. The highest BCUT2D eigenvalue weighted by Crippen LogP contribution is 2.68. The third-order valence-corrected chi connectivity index (χ3v) is 7.43. The van der Waals surface area contributed by atoms with E-state index in [0.29, 0.717) is 11.8 Å². The first kappa shape index (κ1) is 18.0. The predicted octanol–water partition coefficient (Wildman–Crippen LogP) is 5.13. The van der Waals surface area contributed by atoms with E-state index in [-0.39, 0.29) is 17.9 Å². The van der Waals surface area contributed by atoms with Crippen molar-refractivity contribution in [3.05, 3.63) is 46.5 Å². The molecule has 4 heteroatoms. The van der Waals surface area contributed by atoms with Crippen LogP contribution in [0.2, 0.25) is 0 Å². The number of allylic oxidation sites excluding steroid dienone is 5. The lowest BCUT2D eigenvalue weighted by atomic mass is 9.47. The summed E-state index contributed by atoms with van der Waals surface area (Å²) in [5.74, 6) is 1.96. The van der Waals surface area contributed by atoms with E-state index in [1.165, 1.54) is 0 Å². The zero-order valence-electron chi connectivity index (χ0n) is 16.8. The minimum atomic E-state index is -0.452. The molecular formula is C24H28O4. The maximum atomic E-state index is 13.0. The van der Waals surface area contributed by atoms with E-state index >= 15 is 0 Å². The summed E-state index contributed by atoms with van der Waals surface area (Å²) in [6.45, 7) is 4.26. The van der Waals surface area contributed by atoms with Gasteiger partial charge in [-0.25, -0.2) is 9.59 Å². The second kappa shape index (κ2) is 6.47. The summed E-state index contributed by atoms with van der Waals surface area (Å²) in [4.78, 5) is 25.8. The summed E-state index contributed by atoms with van der Waals surface area (Å²) < 4.78 is 11.6. The number of carbonyl (C=O) groups is 2. The van der Waals surface area contributed by atoms with Gasteiger partial charge < -0.3 is 9.47 Å².